The Morgan fingerprint density at radius 2 is 1.03 bits per heavy atom. The van der Waals surface area contributed by atoms with Crippen molar-refractivity contribution in [2.45, 2.75) is 76.4 Å². The summed E-state index contributed by atoms with van der Waals surface area (Å²) in [6, 6.07) is 10.7. The Kier molecular flexibility index (Phi) is 16.6. The topological polar surface area (TPSA) is 119 Å². The number of rotatable bonds is 6. The fourth-order valence-corrected chi connectivity index (χ4v) is 7.37. The summed E-state index contributed by atoms with van der Waals surface area (Å²) in [6.45, 7) is 4.00. The van der Waals surface area contributed by atoms with Crippen molar-refractivity contribution in [3.05, 3.63) is 85.2 Å². The summed E-state index contributed by atoms with van der Waals surface area (Å²) in [5.74, 6) is 2.87. The molecule has 5 nitrogen and oxygen atoms in total. The first kappa shape index (κ1) is 38.1. The van der Waals surface area contributed by atoms with Crippen LogP contribution in [0, 0.1) is 17.8 Å². The van der Waals surface area contributed by atoms with Gasteiger partial charge in [0.2, 0.25) is 0 Å². The summed E-state index contributed by atoms with van der Waals surface area (Å²) in [5, 5.41) is 11.4. The largest absolute Gasteiger partial charge is 2.00 e. The molecule has 2 unspecified atom stereocenters. The zero-order chi connectivity index (χ0) is 24.5. The van der Waals surface area contributed by atoms with Crippen molar-refractivity contribution in [1.82, 2.24) is 0 Å². The van der Waals surface area contributed by atoms with Crippen LogP contribution in [0.15, 0.2) is 36.4 Å². The second-order valence-electron chi connectivity index (χ2n) is 10.5. The van der Waals surface area contributed by atoms with E-state index in [1.54, 1.807) is 36.4 Å². The van der Waals surface area contributed by atoms with Crippen molar-refractivity contribution in [1.29, 1.82) is 0 Å². The first-order valence-electron chi connectivity index (χ1n) is 12.2. The van der Waals surface area contributed by atoms with Crippen LogP contribution in [-0.4, -0.2) is 17.6 Å². The van der Waals surface area contributed by atoms with E-state index in [4.69, 9.17) is 52.1 Å². The van der Waals surface area contributed by atoms with E-state index in [1.165, 1.54) is 38.5 Å². The second kappa shape index (κ2) is 16.5. The third-order valence-corrected chi connectivity index (χ3v) is 8.51. The Bertz CT molecular complexity index is 880. The van der Waals surface area contributed by atoms with E-state index in [1.807, 2.05) is 13.8 Å². The molecule has 0 spiro atoms. The van der Waals surface area contributed by atoms with Crippen LogP contribution in [0.1, 0.15) is 58.8 Å². The van der Waals surface area contributed by atoms with Crippen LogP contribution in [0.4, 0.5) is 11.4 Å². The van der Waals surface area contributed by atoms with Crippen LogP contribution in [0.2, 0.25) is 20.1 Å². The van der Waals surface area contributed by atoms with Crippen LogP contribution < -0.4 is 0 Å². The van der Waals surface area contributed by atoms with Crippen molar-refractivity contribution < 1.29 is 34.1 Å². The molecule has 4 saturated carbocycles. The van der Waals surface area contributed by atoms with Crippen molar-refractivity contribution >= 4 is 57.8 Å². The monoisotopic (exact) mass is 696 g/mol. The molecule has 4 aliphatic rings. The molecule has 0 heterocycles. The Hall–Kier alpha value is 0.119. The maximum Gasteiger partial charge on any atom is 2.00 e. The first-order chi connectivity index (χ1) is 16.1. The van der Waals surface area contributed by atoms with Gasteiger partial charge in [-0.1, -0.05) is 98.1 Å². The van der Waals surface area contributed by atoms with Crippen LogP contribution in [0.5, 0.6) is 0 Å². The van der Waals surface area contributed by atoms with Gasteiger partial charge < -0.3 is 28.7 Å². The number of nitrogens with one attached hydrogen (secondary N) is 1. The van der Waals surface area contributed by atoms with Crippen molar-refractivity contribution in [2.75, 3.05) is 0 Å². The van der Waals surface area contributed by atoms with Crippen molar-refractivity contribution in [3.8, 4) is 0 Å². The molecule has 4 aliphatic carbocycles. The van der Waals surface area contributed by atoms with E-state index in [9.17, 15) is 0 Å². The van der Waals surface area contributed by atoms with Gasteiger partial charge in [-0.25, -0.2) is 0 Å². The molecule has 2 aromatic rings. The van der Waals surface area contributed by atoms with Gasteiger partial charge in [0.15, 0.2) is 0 Å². The van der Waals surface area contributed by atoms with E-state index in [-0.39, 0.29) is 64.1 Å². The molecule has 5 N–H and O–H groups in total. The average Bonchev–Trinajstić information content (AvgIpc) is 2.72. The molecule has 0 amide bonds. The maximum atomic E-state index is 8.21. The Morgan fingerprint density at radius 3 is 1.29 bits per heavy atom. The molecule has 2 atom stereocenters. The predicted octanol–water partition coefficient (Wildman–Crippen LogP) is 12.6. The molecule has 6 rings (SSSR count). The zero-order valence-corrected chi connectivity index (χ0v) is 26.4. The minimum Gasteiger partial charge on any atom is -0.693 e. The van der Waals surface area contributed by atoms with E-state index < -0.39 is 0 Å². The van der Waals surface area contributed by atoms with Gasteiger partial charge >= 0.3 is 17.1 Å². The predicted molar refractivity (Wildman–Crippen MR) is 158 cm³/mol. The van der Waals surface area contributed by atoms with Crippen LogP contribution in [0.3, 0.4) is 0 Å². The SMILES string of the molecule is CC(CC(C)[N-]c1c(Cl)cccc1Cl)[N-]c1c(Cl)cccc1Cl.[Cu+2].[Cu].[NH-]C12CC3CC(CC(C3)C1)C2.[NH2-].[NH2-]. The Balaban J connectivity index is 0.000000770. The standard InChI is InChI=1S/C17H16Cl4N2.C10H16N.2Cu.2H2N/c1-10(22-16-12(18)5-3-6-13(16)19)9-11(2)23-17-14(20)7-4-8-15(17)21;11-10-4-7-1-8(5-10)3-9(2-7)6-10;;;;/h3-8,10-11H,9H2,1-2H3;7-9,11H,1-6H2;;;2*1H2/q-2;-1;;+2;2*-1. The third-order valence-electron chi connectivity index (χ3n) is 7.29. The molecule has 0 saturated heterocycles. The average molecular weight is 700 g/mol. The number of hydrogen-bond acceptors (Lipinski definition) is 0. The number of nitrogens with two attached hydrogens (primary N) is 2. The van der Waals surface area contributed by atoms with Crippen molar-refractivity contribution in [3.63, 3.8) is 0 Å². The van der Waals surface area contributed by atoms with Crippen LogP contribution in [-0.2, 0) is 34.1 Å². The zero-order valence-electron chi connectivity index (χ0n) is 21.5. The minimum absolute atomic E-state index is 0. The summed E-state index contributed by atoms with van der Waals surface area (Å²) in [5.41, 5.74) is 9.50. The molecular weight excluding hydrogens is 663 g/mol. The molecule has 2 radical (unpaired) electrons. The summed E-state index contributed by atoms with van der Waals surface area (Å²) in [6.07, 6.45) is 8.84. The number of benzene rings is 2. The maximum absolute atomic E-state index is 8.21. The number of para-hydroxylation sites is 2. The quantitative estimate of drug-likeness (QED) is 0.267. The fourth-order valence-electron chi connectivity index (χ4n) is 6.38. The molecule has 4 bridgehead atoms. The van der Waals surface area contributed by atoms with Gasteiger partial charge in [-0.3, -0.25) is 0 Å². The third kappa shape index (κ3) is 9.89. The van der Waals surface area contributed by atoms with Gasteiger partial charge in [-0.2, -0.15) is 0 Å². The van der Waals surface area contributed by atoms with Gasteiger partial charge in [0.25, 0.3) is 0 Å². The second-order valence-corrected chi connectivity index (χ2v) is 12.2. The normalized spacial score (nSPS) is 25.6. The molecular formula is C27H36Cl4Cu2N5-3. The van der Waals surface area contributed by atoms with Gasteiger partial charge in [0, 0.05) is 37.2 Å². The smallest absolute Gasteiger partial charge is 0.693 e. The molecule has 0 aliphatic heterocycles. The molecule has 2 aromatic carbocycles. The number of halogens is 4. The summed E-state index contributed by atoms with van der Waals surface area (Å²) >= 11 is 24.6. The molecule has 11 heteroatoms. The number of hydrogen-bond donors (Lipinski definition) is 0. The van der Waals surface area contributed by atoms with Crippen LogP contribution >= 0.6 is 46.4 Å². The van der Waals surface area contributed by atoms with Gasteiger partial charge in [-0.05, 0) is 61.3 Å². The number of nitrogens with zero attached hydrogens (tertiary/aromatic N) is 2. The first-order valence-corrected chi connectivity index (χ1v) is 13.7. The van der Waals surface area contributed by atoms with E-state index >= 15 is 0 Å². The van der Waals surface area contributed by atoms with E-state index in [0.717, 1.165) is 24.2 Å². The summed E-state index contributed by atoms with van der Waals surface area (Å²) in [7, 11) is 0. The Morgan fingerprint density at radius 1 is 0.737 bits per heavy atom. The molecule has 0 aromatic heterocycles. The van der Waals surface area contributed by atoms with Gasteiger partial charge in [0.1, 0.15) is 0 Å². The van der Waals surface area contributed by atoms with Gasteiger partial charge in [-0.15, -0.1) is 29.0 Å². The fraction of sp³-hybridized carbons (Fsp3) is 0.556. The van der Waals surface area contributed by atoms with Gasteiger partial charge in [0.05, 0.1) is 0 Å². The molecule has 38 heavy (non-hydrogen) atoms. The van der Waals surface area contributed by atoms with Crippen molar-refractivity contribution in [2.24, 2.45) is 17.8 Å². The molecule has 222 valence electrons. The Labute approximate surface area is 269 Å². The van der Waals surface area contributed by atoms with E-state index in [0.29, 0.717) is 31.5 Å². The summed E-state index contributed by atoms with van der Waals surface area (Å²) in [4.78, 5) is 0. The minimum atomic E-state index is 0. The van der Waals surface area contributed by atoms with Crippen LogP contribution in [0.25, 0.3) is 28.7 Å². The molecule has 4 fully saturated rings. The van der Waals surface area contributed by atoms with E-state index in [2.05, 4.69) is 10.6 Å². The summed E-state index contributed by atoms with van der Waals surface area (Å²) < 4.78 is 0.